The Kier molecular flexibility index (Phi) is 4.91. The second-order valence-corrected chi connectivity index (χ2v) is 6.80. The van der Waals surface area contributed by atoms with Crippen LogP contribution in [0.4, 0.5) is 0 Å². The van der Waals surface area contributed by atoms with Crippen molar-refractivity contribution in [3.63, 3.8) is 0 Å². The third-order valence-corrected chi connectivity index (χ3v) is 4.72. The van der Waals surface area contributed by atoms with Crippen molar-refractivity contribution in [3.05, 3.63) is 58.1 Å². The van der Waals surface area contributed by atoms with Gasteiger partial charge in [0.25, 0.3) is 0 Å². The maximum absolute atomic E-state index is 6.55. The standard InChI is InChI=1S/C18H17Cl2N3O3/c19-13-1-3-14(4-2-13)26-15-5-6-16(17(20)9-15)18(24-7-8-25-18)10-23-11-21-22-12-23/h1-6,9,11,22H,7-8,10,12H2. The van der Waals surface area contributed by atoms with Gasteiger partial charge in [0.1, 0.15) is 24.5 Å². The largest absolute Gasteiger partial charge is 0.457 e. The van der Waals surface area contributed by atoms with Crippen molar-refractivity contribution >= 4 is 29.5 Å². The highest BCUT2D eigenvalue weighted by Gasteiger charge is 2.42. The van der Waals surface area contributed by atoms with Gasteiger partial charge in [0, 0.05) is 10.6 Å². The number of nitrogens with one attached hydrogen (secondary N) is 1. The fraction of sp³-hybridized carbons (Fsp3) is 0.278. The zero-order chi connectivity index (χ0) is 18.0. The van der Waals surface area contributed by atoms with E-state index in [1.165, 1.54) is 0 Å². The maximum atomic E-state index is 6.55. The number of hydrogen-bond acceptors (Lipinski definition) is 6. The van der Waals surface area contributed by atoms with Gasteiger partial charge in [-0.1, -0.05) is 23.2 Å². The summed E-state index contributed by atoms with van der Waals surface area (Å²) in [5, 5.41) is 5.17. The molecule has 0 saturated carbocycles. The highest BCUT2D eigenvalue weighted by Crippen LogP contribution is 2.39. The lowest BCUT2D eigenvalue weighted by Crippen LogP contribution is -2.41. The lowest BCUT2D eigenvalue weighted by Gasteiger charge is -2.32. The van der Waals surface area contributed by atoms with Crippen LogP contribution >= 0.6 is 23.2 Å². The van der Waals surface area contributed by atoms with E-state index in [2.05, 4.69) is 10.5 Å². The molecule has 0 bridgehead atoms. The Labute approximate surface area is 161 Å². The van der Waals surface area contributed by atoms with Crippen molar-refractivity contribution in [2.75, 3.05) is 26.4 Å². The first-order valence-electron chi connectivity index (χ1n) is 8.16. The SMILES string of the molecule is Clc1ccc(Oc2ccc(C3(CN4C=NNC4)OCCO3)c(Cl)c2)cc1. The van der Waals surface area contributed by atoms with E-state index >= 15 is 0 Å². The molecular weight excluding hydrogens is 377 g/mol. The van der Waals surface area contributed by atoms with Crippen LogP contribution in [0.2, 0.25) is 10.0 Å². The zero-order valence-corrected chi connectivity index (χ0v) is 15.3. The molecule has 0 amide bonds. The molecule has 136 valence electrons. The van der Waals surface area contributed by atoms with Crippen LogP contribution in [-0.2, 0) is 15.3 Å². The summed E-state index contributed by atoms with van der Waals surface area (Å²) >= 11 is 12.4. The molecule has 4 rings (SSSR count). The predicted octanol–water partition coefficient (Wildman–Crippen LogP) is 3.79. The van der Waals surface area contributed by atoms with E-state index in [1.54, 1.807) is 36.7 Å². The average Bonchev–Trinajstić information content (AvgIpc) is 3.30. The molecule has 1 fully saturated rings. The normalized spacial score (nSPS) is 18.2. The Hall–Kier alpha value is -1.99. The van der Waals surface area contributed by atoms with Gasteiger partial charge in [0.2, 0.25) is 5.79 Å². The van der Waals surface area contributed by atoms with Crippen LogP contribution < -0.4 is 10.2 Å². The van der Waals surface area contributed by atoms with E-state index in [0.29, 0.717) is 48.0 Å². The highest BCUT2D eigenvalue weighted by atomic mass is 35.5. The molecule has 0 spiro atoms. The highest BCUT2D eigenvalue weighted by molar-refractivity contribution is 6.31. The van der Waals surface area contributed by atoms with Crippen molar-refractivity contribution in [3.8, 4) is 11.5 Å². The Morgan fingerprint density at radius 3 is 2.46 bits per heavy atom. The molecule has 1 saturated heterocycles. The second kappa shape index (κ2) is 7.32. The first-order valence-corrected chi connectivity index (χ1v) is 8.92. The van der Waals surface area contributed by atoms with Gasteiger partial charge >= 0.3 is 0 Å². The number of halogens is 2. The summed E-state index contributed by atoms with van der Waals surface area (Å²) in [5.74, 6) is 0.382. The van der Waals surface area contributed by atoms with E-state index in [9.17, 15) is 0 Å². The molecule has 0 radical (unpaired) electrons. The maximum Gasteiger partial charge on any atom is 0.214 e. The summed E-state index contributed by atoms with van der Waals surface area (Å²) in [6.07, 6.45) is 1.72. The molecule has 2 heterocycles. The average molecular weight is 394 g/mol. The predicted molar refractivity (Wildman–Crippen MR) is 99.8 cm³/mol. The third-order valence-electron chi connectivity index (χ3n) is 4.15. The Balaban J connectivity index is 1.57. The van der Waals surface area contributed by atoms with Crippen LogP contribution in [0.3, 0.4) is 0 Å². The Morgan fingerprint density at radius 1 is 1.08 bits per heavy atom. The van der Waals surface area contributed by atoms with Crippen molar-refractivity contribution in [1.29, 1.82) is 0 Å². The van der Waals surface area contributed by atoms with Gasteiger partial charge in [-0.25, -0.2) is 0 Å². The Morgan fingerprint density at radius 2 is 1.81 bits per heavy atom. The first-order chi connectivity index (χ1) is 12.6. The Bertz CT molecular complexity index is 808. The minimum atomic E-state index is -0.923. The topological polar surface area (TPSA) is 55.3 Å². The molecular formula is C18H17Cl2N3O3. The van der Waals surface area contributed by atoms with Crippen molar-refractivity contribution in [1.82, 2.24) is 10.3 Å². The van der Waals surface area contributed by atoms with Gasteiger partial charge in [-0.15, -0.1) is 0 Å². The fourth-order valence-electron chi connectivity index (χ4n) is 2.95. The molecule has 6 nitrogen and oxygen atoms in total. The van der Waals surface area contributed by atoms with E-state index in [4.69, 9.17) is 37.4 Å². The van der Waals surface area contributed by atoms with Gasteiger partial charge < -0.3 is 19.1 Å². The van der Waals surface area contributed by atoms with Crippen LogP contribution in [-0.4, -0.2) is 37.7 Å². The molecule has 0 atom stereocenters. The van der Waals surface area contributed by atoms with Crippen LogP contribution in [0.15, 0.2) is 47.6 Å². The van der Waals surface area contributed by atoms with E-state index in [-0.39, 0.29) is 0 Å². The van der Waals surface area contributed by atoms with Crippen LogP contribution in [0, 0.1) is 0 Å². The van der Waals surface area contributed by atoms with Crippen molar-refractivity contribution < 1.29 is 14.2 Å². The molecule has 1 N–H and O–H groups in total. The second-order valence-electron chi connectivity index (χ2n) is 5.96. The monoisotopic (exact) mass is 393 g/mol. The van der Waals surface area contributed by atoms with Crippen LogP contribution in [0.1, 0.15) is 5.56 Å². The summed E-state index contributed by atoms with van der Waals surface area (Å²) in [4.78, 5) is 1.97. The van der Waals surface area contributed by atoms with Gasteiger partial charge in [-0.2, -0.15) is 5.10 Å². The number of hydrazone groups is 1. The molecule has 0 aromatic heterocycles. The number of benzene rings is 2. The van der Waals surface area contributed by atoms with E-state index < -0.39 is 5.79 Å². The minimum absolute atomic E-state index is 0.487. The molecule has 8 heteroatoms. The van der Waals surface area contributed by atoms with E-state index in [1.807, 2.05) is 17.0 Å². The molecule has 2 aromatic rings. The van der Waals surface area contributed by atoms with Crippen molar-refractivity contribution in [2.45, 2.75) is 5.79 Å². The van der Waals surface area contributed by atoms with Gasteiger partial charge in [-0.3, -0.25) is 5.43 Å². The molecule has 2 aromatic carbocycles. The summed E-state index contributed by atoms with van der Waals surface area (Å²) in [7, 11) is 0. The summed E-state index contributed by atoms with van der Waals surface area (Å²) < 4.78 is 17.7. The number of rotatable bonds is 5. The summed E-state index contributed by atoms with van der Waals surface area (Å²) in [5.41, 5.74) is 3.66. The van der Waals surface area contributed by atoms with E-state index in [0.717, 1.165) is 5.56 Å². The lowest BCUT2D eigenvalue weighted by molar-refractivity contribution is -0.172. The fourth-order valence-corrected chi connectivity index (χ4v) is 3.39. The van der Waals surface area contributed by atoms with Crippen LogP contribution in [0.25, 0.3) is 0 Å². The number of hydrogen-bond donors (Lipinski definition) is 1. The number of ether oxygens (including phenoxy) is 3. The van der Waals surface area contributed by atoms with Crippen LogP contribution in [0.5, 0.6) is 11.5 Å². The minimum Gasteiger partial charge on any atom is -0.457 e. The third kappa shape index (κ3) is 3.59. The smallest absolute Gasteiger partial charge is 0.214 e. The molecule has 0 aliphatic carbocycles. The number of nitrogens with zero attached hydrogens (tertiary/aromatic N) is 2. The van der Waals surface area contributed by atoms with Gasteiger partial charge in [0.15, 0.2) is 0 Å². The zero-order valence-electron chi connectivity index (χ0n) is 13.8. The molecule has 2 aliphatic rings. The van der Waals surface area contributed by atoms with Crippen molar-refractivity contribution in [2.24, 2.45) is 5.10 Å². The molecule has 0 unspecified atom stereocenters. The molecule has 26 heavy (non-hydrogen) atoms. The van der Waals surface area contributed by atoms with Gasteiger partial charge in [0.05, 0.1) is 24.8 Å². The summed E-state index contributed by atoms with van der Waals surface area (Å²) in [6.45, 7) is 2.11. The van der Waals surface area contributed by atoms with Gasteiger partial charge in [-0.05, 0) is 42.5 Å². The lowest BCUT2D eigenvalue weighted by atomic mass is 10.0. The summed E-state index contributed by atoms with van der Waals surface area (Å²) in [6, 6.07) is 12.6. The molecule has 2 aliphatic heterocycles. The first kappa shape index (κ1) is 17.4. The quantitative estimate of drug-likeness (QED) is 0.837.